The summed E-state index contributed by atoms with van der Waals surface area (Å²) >= 11 is 6.06. The molecule has 2 N–H and O–H groups in total. The fourth-order valence-electron chi connectivity index (χ4n) is 4.00. The first-order chi connectivity index (χ1) is 17.3. The Kier molecular flexibility index (Phi) is 6.95. The predicted octanol–water partition coefficient (Wildman–Crippen LogP) is 3.49. The number of alkyl halides is 3. The van der Waals surface area contributed by atoms with Crippen LogP contribution in [0.5, 0.6) is 0 Å². The number of nitrogens with one attached hydrogen (secondary N) is 1. The van der Waals surface area contributed by atoms with Crippen molar-refractivity contribution in [3.8, 4) is 5.69 Å². The summed E-state index contributed by atoms with van der Waals surface area (Å²) in [6, 6.07) is 1.36. The third-order valence-corrected chi connectivity index (χ3v) is 6.08. The van der Waals surface area contributed by atoms with Gasteiger partial charge >= 0.3 is 6.18 Å². The number of fused-ring (bicyclic) bond motifs is 1. The summed E-state index contributed by atoms with van der Waals surface area (Å²) in [7, 11) is 0. The number of aromatic nitrogens is 2. The average Bonchev–Trinajstić information content (AvgIpc) is 3.14. The number of hydrogen-bond donors (Lipinski definition) is 2. The molecule has 37 heavy (non-hydrogen) atoms. The fourth-order valence-corrected chi connectivity index (χ4v) is 4.29. The molecule has 0 spiro atoms. The van der Waals surface area contributed by atoms with Crippen molar-refractivity contribution in [2.45, 2.75) is 38.1 Å². The molecule has 2 atom stereocenters. The quantitative estimate of drug-likeness (QED) is 0.479. The molecule has 1 aliphatic rings. The summed E-state index contributed by atoms with van der Waals surface area (Å²) in [5, 5.41) is 10.7. The van der Waals surface area contributed by atoms with Crippen molar-refractivity contribution in [2.24, 2.45) is 0 Å². The molecule has 2 unspecified atom stereocenters. The molecule has 0 aliphatic carbocycles. The normalized spacial score (nSPS) is 16.9. The van der Waals surface area contributed by atoms with Crippen molar-refractivity contribution < 1.29 is 36.6 Å². The Hall–Kier alpha value is -3.58. The lowest BCUT2D eigenvalue weighted by Gasteiger charge is -2.21. The van der Waals surface area contributed by atoms with Gasteiger partial charge < -0.3 is 10.4 Å². The molecule has 196 valence electrons. The maximum atomic E-state index is 14.9. The molecule has 14 heteroatoms. The average molecular weight is 545 g/mol. The van der Waals surface area contributed by atoms with Crippen LogP contribution in [0.3, 0.4) is 0 Å². The molecule has 2 aromatic heterocycles. The van der Waals surface area contributed by atoms with E-state index in [4.69, 9.17) is 11.6 Å². The zero-order valence-corrected chi connectivity index (χ0v) is 19.7. The molecule has 4 rings (SSSR count). The van der Waals surface area contributed by atoms with Gasteiger partial charge in [0.15, 0.2) is 11.5 Å². The largest absolute Gasteiger partial charge is 0.408 e. The van der Waals surface area contributed by atoms with Crippen LogP contribution in [0.2, 0.25) is 5.02 Å². The van der Waals surface area contributed by atoms with E-state index in [0.29, 0.717) is 6.07 Å². The van der Waals surface area contributed by atoms with E-state index in [1.165, 1.54) is 13.0 Å². The number of anilines is 1. The Labute approximate surface area is 210 Å². The van der Waals surface area contributed by atoms with Crippen molar-refractivity contribution >= 4 is 40.3 Å². The molecule has 1 saturated heterocycles. The van der Waals surface area contributed by atoms with E-state index in [9.17, 15) is 41.4 Å². The second kappa shape index (κ2) is 9.71. The van der Waals surface area contributed by atoms with Gasteiger partial charge in [0, 0.05) is 12.3 Å². The summed E-state index contributed by atoms with van der Waals surface area (Å²) in [5.41, 5.74) is -2.66. The predicted molar refractivity (Wildman–Crippen MR) is 123 cm³/mol. The molecule has 1 aromatic carbocycles. The van der Waals surface area contributed by atoms with E-state index in [2.05, 4.69) is 4.98 Å². The van der Waals surface area contributed by atoms with Crippen LogP contribution >= 0.6 is 11.6 Å². The second-order valence-corrected chi connectivity index (χ2v) is 8.75. The number of rotatable bonds is 5. The van der Waals surface area contributed by atoms with E-state index in [1.807, 2.05) is 0 Å². The van der Waals surface area contributed by atoms with Crippen molar-refractivity contribution in [1.29, 1.82) is 0 Å². The lowest BCUT2D eigenvalue weighted by atomic mass is 10.1. The van der Waals surface area contributed by atoms with E-state index in [0.717, 1.165) is 27.8 Å². The lowest BCUT2D eigenvalue weighted by Crippen LogP contribution is -2.46. The molecule has 8 nitrogen and oxygen atoms in total. The Morgan fingerprint density at radius 2 is 1.97 bits per heavy atom. The molecular weight excluding hydrogens is 527 g/mol. The van der Waals surface area contributed by atoms with E-state index in [1.54, 1.807) is 5.32 Å². The molecule has 0 radical (unpaired) electrons. The highest BCUT2D eigenvalue weighted by atomic mass is 35.5. The van der Waals surface area contributed by atoms with Crippen LogP contribution in [-0.2, 0) is 4.79 Å². The van der Waals surface area contributed by atoms with E-state index >= 15 is 0 Å². The van der Waals surface area contributed by atoms with E-state index in [-0.39, 0.29) is 29.8 Å². The van der Waals surface area contributed by atoms with Crippen molar-refractivity contribution in [1.82, 2.24) is 14.9 Å². The first kappa shape index (κ1) is 26.5. The van der Waals surface area contributed by atoms with Crippen LogP contribution in [0, 0.1) is 11.6 Å². The van der Waals surface area contributed by atoms with E-state index < -0.39 is 69.9 Å². The number of carbonyl (C=O) groups is 2. The number of hydrogen-bond acceptors (Lipinski definition) is 5. The molecule has 3 aromatic rings. The summed E-state index contributed by atoms with van der Waals surface area (Å²) in [6.45, 7) is 1.08. The van der Waals surface area contributed by atoms with Crippen LogP contribution in [0.1, 0.15) is 30.1 Å². The standard InChI is InChI=1S/C23H18ClF5N4O4/c1-2-16(23(27,28)29)30-22(37)13-9-33(19-14(24)5-10(25)6-15(19)26)21-12(20(13)36)3-4-17(31-21)32-8-11(34)7-18(32)35/h3-6,9,11,16,34H,2,7-8H2,1H3,(H,30,37). The number of aliphatic hydroxyl groups is 1. The van der Waals surface area contributed by atoms with Crippen LogP contribution in [-0.4, -0.2) is 51.3 Å². The van der Waals surface area contributed by atoms with Crippen LogP contribution in [0.25, 0.3) is 16.7 Å². The molecular formula is C23H18ClF5N4O4. The van der Waals surface area contributed by atoms with Gasteiger partial charge in [-0.05, 0) is 24.6 Å². The van der Waals surface area contributed by atoms with Gasteiger partial charge in [0.1, 0.15) is 28.9 Å². The molecule has 3 heterocycles. The first-order valence-corrected chi connectivity index (χ1v) is 11.3. The number of β-amino-alcohol motifs (C(OH)–C–C–N with tert-alkyl or cyclic N) is 1. The van der Waals surface area contributed by atoms with Gasteiger partial charge in [-0.3, -0.25) is 23.9 Å². The number of benzene rings is 1. The summed E-state index contributed by atoms with van der Waals surface area (Å²) in [5.74, 6) is -4.14. The van der Waals surface area contributed by atoms with Gasteiger partial charge in [0.25, 0.3) is 5.91 Å². The second-order valence-electron chi connectivity index (χ2n) is 8.34. The first-order valence-electron chi connectivity index (χ1n) is 10.9. The Morgan fingerprint density at radius 1 is 1.27 bits per heavy atom. The van der Waals surface area contributed by atoms with Gasteiger partial charge in [-0.15, -0.1) is 0 Å². The minimum Gasteiger partial charge on any atom is -0.391 e. The summed E-state index contributed by atoms with van der Waals surface area (Å²) < 4.78 is 69.1. The van der Waals surface area contributed by atoms with Crippen LogP contribution in [0.15, 0.2) is 35.3 Å². The SMILES string of the molecule is CCC(NC(=O)c1cn(-c2c(F)cc(F)cc2Cl)c2nc(N3CC(O)CC3=O)ccc2c1=O)C(F)(F)F. The highest BCUT2D eigenvalue weighted by molar-refractivity contribution is 6.32. The van der Waals surface area contributed by atoms with Crippen molar-refractivity contribution in [2.75, 3.05) is 11.4 Å². The zero-order chi connectivity index (χ0) is 27.2. The van der Waals surface area contributed by atoms with Crippen LogP contribution < -0.4 is 15.6 Å². The van der Waals surface area contributed by atoms with Gasteiger partial charge in [-0.2, -0.15) is 13.2 Å². The fraction of sp³-hybridized carbons (Fsp3) is 0.304. The van der Waals surface area contributed by atoms with Gasteiger partial charge in [0.2, 0.25) is 11.3 Å². The highest BCUT2D eigenvalue weighted by Crippen LogP contribution is 2.30. The maximum absolute atomic E-state index is 14.9. The zero-order valence-electron chi connectivity index (χ0n) is 18.9. The number of nitrogens with zero attached hydrogens (tertiary/aromatic N) is 3. The smallest absolute Gasteiger partial charge is 0.391 e. The minimum absolute atomic E-state index is 0.0267. The monoisotopic (exact) mass is 544 g/mol. The molecule has 1 aliphatic heterocycles. The maximum Gasteiger partial charge on any atom is 0.408 e. The minimum atomic E-state index is -4.80. The number of pyridine rings is 2. The molecule has 2 amide bonds. The van der Waals surface area contributed by atoms with Crippen molar-refractivity contribution in [3.63, 3.8) is 0 Å². The Bertz CT molecular complexity index is 1450. The Balaban J connectivity index is 1.96. The molecule has 0 bridgehead atoms. The van der Waals surface area contributed by atoms with Crippen molar-refractivity contribution in [3.05, 3.63) is 62.9 Å². The summed E-state index contributed by atoms with van der Waals surface area (Å²) in [4.78, 5) is 43.5. The molecule has 0 saturated carbocycles. The van der Waals surface area contributed by atoms with Crippen LogP contribution in [0.4, 0.5) is 27.8 Å². The molecule has 1 fully saturated rings. The number of aliphatic hydroxyl groups excluding tert-OH is 1. The highest BCUT2D eigenvalue weighted by Gasteiger charge is 2.40. The third-order valence-electron chi connectivity index (χ3n) is 5.79. The third kappa shape index (κ3) is 5.01. The Morgan fingerprint density at radius 3 is 2.54 bits per heavy atom. The topological polar surface area (TPSA) is 105 Å². The summed E-state index contributed by atoms with van der Waals surface area (Å²) in [6.07, 6.45) is -5.71. The van der Waals surface area contributed by atoms with Gasteiger partial charge in [-0.1, -0.05) is 18.5 Å². The number of carbonyl (C=O) groups excluding carboxylic acids is 2. The van der Waals surface area contributed by atoms with Gasteiger partial charge in [-0.25, -0.2) is 13.8 Å². The lowest BCUT2D eigenvalue weighted by molar-refractivity contribution is -0.153. The number of amides is 2. The number of halogens is 6. The van der Waals surface area contributed by atoms with Gasteiger partial charge in [0.05, 0.1) is 29.5 Å².